The molecule has 136 valence electrons. The molecule has 0 radical (unpaired) electrons. The second-order valence-electron chi connectivity index (χ2n) is 6.09. The Hall–Kier alpha value is -2.18. The first kappa shape index (κ1) is 18.6. The van der Waals surface area contributed by atoms with Crippen molar-refractivity contribution in [1.29, 1.82) is 0 Å². The van der Waals surface area contributed by atoms with Gasteiger partial charge in [-0.1, -0.05) is 18.2 Å². The minimum atomic E-state index is -0.342. The van der Waals surface area contributed by atoms with Crippen LogP contribution < -0.4 is 4.90 Å². The minimum absolute atomic E-state index is 0.159. The van der Waals surface area contributed by atoms with Gasteiger partial charge in [-0.2, -0.15) is 4.98 Å². The van der Waals surface area contributed by atoms with Crippen LogP contribution in [0.2, 0.25) is 5.28 Å². The van der Waals surface area contributed by atoms with Gasteiger partial charge >= 0.3 is 5.97 Å². The van der Waals surface area contributed by atoms with Crippen molar-refractivity contribution in [2.24, 2.45) is 0 Å². The molecule has 0 aliphatic rings. The third kappa shape index (κ3) is 3.52. The lowest BCUT2D eigenvalue weighted by molar-refractivity contribution is 0.0383. The van der Waals surface area contributed by atoms with Crippen molar-refractivity contribution in [2.45, 2.75) is 33.8 Å². The van der Waals surface area contributed by atoms with E-state index in [9.17, 15) is 4.79 Å². The zero-order valence-corrected chi connectivity index (χ0v) is 16.7. The van der Waals surface area contributed by atoms with Gasteiger partial charge in [-0.3, -0.25) is 0 Å². The van der Waals surface area contributed by atoms with Gasteiger partial charge in [0.15, 0.2) is 0 Å². The Morgan fingerprint density at radius 1 is 1.27 bits per heavy atom. The first-order valence-electron chi connectivity index (χ1n) is 8.42. The van der Waals surface area contributed by atoms with Crippen molar-refractivity contribution in [2.75, 3.05) is 11.4 Å². The Labute approximate surface area is 161 Å². The van der Waals surface area contributed by atoms with Crippen LogP contribution in [-0.2, 0) is 4.74 Å². The fraction of sp³-hybridized carbons (Fsp3) is 0.316. The number of rotatable bonds is 5. The van der Waals surface area contributed by atoms with Crippen molar-refractivity contribution in [3.8, 4) is 0 Å². The van der Waals surface area contributed by atoms with Crippen LogP contribution in [0, 0.1) is 6.92 Å². The Bertz CT molecular complexity index is 941. The molecule has 3 rings (SSSR count). The summed E-state index contributed by atoms with van der Waals surface area (Å²) in [5.74, 6) is 0.358. The number of carbonyl (C=O) groups is 1. The van der Waals surface area contributed by atoms with Gasteiger partial charge in [0.1, 0.15) is 15.5 Å². The number of anilines is 2. The molecule has 3 aromatic rings. The maximum Gasteiger partial charge on any atom is 0.348 e. The average molecular weight is 390 g/mol. The lowest BCUT2D eigenvalue weighted by Gasteiger charge is -2.23. The molecule has 2 aromatic heterocycles. The molecule has 0 saturated heterocycles. The molecule has 0 fully saturated rings. The zero-order valence-electron chi connectivity index (χ0n) is 15.1. The van der Waals surface area contributed by atoms with Gasteiger partial charge in [-0.25, -0.2) is 9.78 Å². The second-order valence-corrected chi connectivity index (χ2v) is 7.42. The van der Waals surface area contributed by atoms with Crippen LogP contribution >= 0.6 is 22.9 Å². The highest BCUT2D eigenvalue weighted by Crippen LogP contribution is 2.38. The summed E-state index contributed by atoms with van der Waals surface area (Å²) in [4.78, 5) is 24.5. The Kier molecular flexibility index (Phi) is 5.44. The summed E-state index contributed by atoms with van der Waals surface area (Å²) in [7, 11) is 0. The van der Waals surface area contributed by atoms with Crippen LogP contribution in [0.15, 0.2) is 30.3 Å². The maximum atomic E-state index is 12.4. The fourth-order valence-corrected chi connectivity index (χ4v) is 4.09. The van der Waals surface area contributed by atoms with Gasteiger partial charge in [0.2, 0.25) is 5.28 Å². The number of nitrogens with zero attached hydrogens (tertiary/aromatic N) is 3. The van der Waals surface area contributed by atoms with Crippen LogP contribution in [0.5, 0.6) is 0 Å². The van der Waals surface area contributed by atoms with Crippen LogP contribution in [0.3, 0.4) is 0 Å². The van der Waals surface area contributed by atoms with Crippen molar-refractivity contribution in [3.63, 3.8) is 0 Å². The number of aromatic nitrogens is 2. The summed E-state index contributed by atoms with van der Waals surface area (Å²) < 4.78 is 5.36. The normalized spacial score (nSPS) is 11.2. The van der Waals surface area contributed by atoms with E-state index in [-0.39, 0.29) is 17.4 Å². The van der Waals surface area contributed by atoms with E-state index < -0.39 is 0 Å². The van der Waals surface area contributed by atoms with Gasteiger partial charge in [0.05, 0.1) is 11.5 Å². The van der Waals surface area contributed by atoms with Crippen LogP contribution in [0.4, 0.5) is 11.5 Å². The number of halogens is 1. The molecule has 0 aliphatic heterocycles. The van der Waals surface area contributed by atoms with Gasteiger partial charge < -0.3 is 9.64 Å². The van der Waals surface area contributed by atoms with Crippen LogP contribution in [-0.4, -0.2) is 28.6 Å². The molecule has 0 atom stereocenters. The van der Waals surface area contributed by atoms with E-state index in [2.05, 4.69) is 14.9 Å². The smallest absolute Gasteiger partial charge is 0.348 e. The number of fused-ring (bicyclic) bond motifs is 1. The van der Waals surface area contributed by atoms with Crippen molar-refractivity contribution >= 4 is 50.6 Å². The van der Waals surface area contributed by atoms with E-state index in [4.69, 9.17) is 16.3 Å². The summed E-state index contributed by atoms with van der Waals surface area (Å²) in [6.07, 6.45) is -0.183. The molecule has 7 heteroatoms. The van der Waals surface area contributed by atoms with E-state index in [1.807, 2.05) is 58.0 Å². The summed E-state index contributed by atoms with van der Waals surface area (Å²) >= 11 is 7.47. The van der Waals surface area contributed by atoms with Crippen molar-refractivity contribution in [3.05, 3.63) is 46.1 Å². The van der Waals surface area contributed by atoms with E-state index >= 15 is 0 Å². The van der Waals surface area contributed by atoms with Crippen LogP contribution in [0.1, 0.15) is 36.0 Å². The number of ether oxygens (including phenoxy) is 1. The van der Waals surface area contributed by atoms with Crippen molar-refractivity contribution in [1.82, 2.24) is 9.97 Å². The number of benzene rings is 1. The minimum Gasteiger partial charge on any atom is -0.459 e. The number of hydrogen-bond acceptors (Lipinski definition) is 6. The molecule has 1 aromatic carbocycles. The summed E-state index contributed by atoms with van der Waals surface area (Å²) in [6, 6.07) is 9.95. The topological polar surface area (TPSA) is 55.3 Å². The molecule has 2 heterocycles. The Morgan fingerprint density at radius 3 is 2.58 bits per heavy atom. The number of thiophene rings is 1. The van der Waals surface area contributed by atoms with E-state index in [0.29, 0.717) is 22.1 Å². The van der Waals surface area contributed by atoms with Gasteiger partial charge in [-0.15, -0.1) is 11.3 Å². The number of carbonyl (C=O) groups excluding carboxylic acids is 1. The van der Waals surface area contributed by atoms with Gasteiger partial charge in [-0.05, 0) is 57.0 Å². The van der Waals surface area contributed by atoms with Gasteiger partial charge in [0, 0.05) is 12.2 Å². The summed E-state index contributed by atoms with van der Waals surface area (Å²) in [5, 5.41) is 0.993. The monoisotopic (exact) mass is 389 g/mol. The third-order valence-electron chi connectivity index (χ3n) is 3.91. The van der Waals surface area contributed by atoms with Crippen LogP contribution in [0.25, 0.3) is 10.2 Å². The average Bonchev–Trinajstić information content (AvgIpc) is 2.92. The van der Waals surface area contributed by atoms with Gasteiger partial charge in [0.25, 0.3) is 0 Å². The molecule has 5 nitrogen and oxygen atoms in total. The summed E-state index contributed by atoms with van der Waals surface area (Å²) in [6.45, 7) is 8.31. The molecule has 0 saturated carbocycles. The first-order valence-corrected chi connectivity index (χ1v) is 9.62. The predicted octanol–water partition coefficient (Wildman–Crippen LogP) is 5.38. The molecule has 0 spiro atoms. The Morgan fingerprint density at radius 2 is 1.96 bits per heavy atom. The molecule has 0 bridgehead atoms. The standard InChI is InChI=1S/C19H20ClN3O2S/c1-5-23(13-9-7-6-8-10-13)16-14-12(4)15(18(24)25-11(2)3)26-17(14)22-19(20)21-16/h6-11H,5H2,1-4H3. The predicted molar refractivity (Wildman–Crippen MR) is 107 cm³/mol. The number of esters is 1. The fourth-order valence-electron chi connectivity index (χ4n) is 2.81. The first-order chi connectivity index (χ1) is 12.4. The number of hydrogen-bond donors (Lipinski definition) is 0. The van der Waals surface area contributed by atoms with E-state index in [1.165, 1.54) is 11.3 Å². The molecule has 0 aliphatic carbocycles. The lowest BCUT2D eigenvalue weighted by Crippen LogP contribution is -2.18. The molecule has 26 heavy (non-hydrogen) atoms. The molecular weight excluding hydrogens is 370 g/mol. The lowest BCUT2D eigenvalue weighted by atomic mass is 10.2. The zero-order chi connectivity index (χ0) is 18.8. The van der Waals surface area contributed by atoms with Crippen molar-refractivity contribution < 1.29 is 9.53 Å². The highest BCUT2D eigenvalue weighted by Gasteiger charge is 2.24. The summed E-state index contributed by atoms with van der Waals surface area (Å²) in [5.41, 5.74) is 1.82. The highest BCUT2D eigenvalue weighted by atomic mass is 35.5. The SMILES string of the molecule is CCN(c1ccccc1)c1nc(Cl)nc2sc(C(=O)OC(C)C)c(C)c12. The number of para-hydroxylation sites is 1. The Balaban J connectivity index is 2.19. The molecular formula is C19H20ClN3O2S. The molecule has 0 unspecified atom stereocenters. The number of aryl methyl sites for hydroxylation is 1. The molecule has 0 N–H and O–H groups in total. The van der Waals surface area contributed by atoms with E-state index in [1.54, 1.807) is 0 Å². The highest BCUT2D eigenvalue weighted by molar-refractivity contribution is 7.20. The second kappa shape index (κ2) is 7.60. The largest absolute Gasteiger partial charge is 0.459 e. The quantitative estimate of drug-likeness (QED) is 0.433. The third-order valence-corrected chi connectivity index (χ3v) is 5.25. The molecule has 0 amide bonds. The van der Waals surface area contributed by atoms with E-state index in [0.717, 1.165) is 16.6 Å². The maximum absolute atomic E-state index is 12.4.